The molecule has 7 heteroatoms. The highest BCUT2D eigenvalue weighted by molar-refractivity contribution is 7.92. The molecule has 0 fully saturated rings. The Labute approximate surface area is 127 Å². The van der Waals surface area contributed by atoms with Gasteiger partial charge in [0.15, 0.2) is 0 Å². The molecule has 0 radical (unpaired) electrons. The summed E-state index contributed by atoms with van der Waals surface area (Å²) in [5.41, 5.74) is 1.23. The van der Waals surface area contributed by atoms with Crippen molar-refractivity contribution in [1.82, 2.24) is 4.98 Å². The predicted octanol–water partition coefficient (Wildman–Crippen LogP) is 3.81. The first-order valence-electron chi connectivity index (χ1n) is 5.72. The zero-order chi connectivity index (χ0) is 14.9. The van der Waals surface area contributed by atoms with Crippen LogP contribution in [0.2, 0.25) is 10.0 Å². The Morgan fingerprint density at radius 3 is 2.45 bits per heavy atom. The van der Waals surface area contributed by atoms with Crippen molar-refractivity contribution in [1.29, 1.82) is 0 Å². The van der Waals surface area contributed by atoms with Gasteiger partial charge in [-0.25, -0.2) is 13.4 Å². The Bertz CT molecular complexity index is 761. The van der Waals surface area contributed by atoms with E-state index in [9.17, 15) is 8.42 Å². The van der Waals surface area contributed by atoms with Gasteiger partial charge in [-0.1, -0.05) is 29.3 Å². The SMILES string of the molecule is Cc1cccc(NS(=O)(=O)c2ccc(Cl)c(C)c2Cl)n1. The highest BCUT2D eigenvalue weighted by Gasteiger charge is 2.20. The van der Waals surface area contributed by atoms with Crippen molar-refractivity contribution >= 4 is 39.0 Å². The van der Waals surface area contributed by atoms with E-state index in [0.29, 0.717) is 16.3 Å². The van der Waals surface area contributed by atoms with Crippen LogP contribution in [-0.4, -0.2) is 13.4 Å². The van der Waals surface area contributed by atoms with Gasteiger partial charge in [0.25, 0.3) is 10.0 Å². The van der Waals surface area contributed by atoms with Gasteiger partial charge in [0, 0.05) is 10.7 Å². The molecule has 0 aliphatic rings. The summed E-state index contributed by atoms with van der Waals surface area (Å²) in [5, 5.41) is 0.528. The number of anilines is 1. The van der Waals surface area contributed by atoms with Gasteiger partial charge in [-0.05, 0) is 43.7 Å². The second kappa shape index (κ2) is 5.60. The fourth-order valence-corrected chi connectivity index (χ4v) is 3.45. The lowest BCUT2D eigenvalue weighted by atomic mass is 10.2. The van der Waals surface area contributed by atoms with Crippen molar-refractivity contribution < 1.29 is 8.42 Å². The van der Waals surface area contributed by atoms with E-state index in [1.807, 2.05) is 0 Å². The van der Waals surface area contributed by atoms with Crippen LogP contribution in [0.3, 0.4) is 0 Å². The number of nitrogens with zero attached hydrogens (tertiary/aromatic N) is 1. The molecule has 1 N–H and O–H groups in total. The Hall–Kier alpha value is -1.30. The fourth-order valence-electron chi connectivity index (χ4n) is 1.64. The number of aromatic nitrogens is 1. The zero-order valence-electron chi connectivity index (χ0n) is 10.8. The number of halogens is 2. The molecule has 0 saturated heterocycles. The topological polar surface area (TPSA) is 59.1 Å². The quantitative estimate of drug-likeness (QED) is 0.930. The summed E-state index contributed by atoms with van der Waals surface area (Å²) in [6.45, 7) is 3.44. The molecule has 106 valence electrons. The molecule has 2 rings (SSSR count). The third kappa shape index (κ3) is 3.06. The van der Waals surface area contributed by atoms with Gasteiger partial charge < -0.3 is 0 Å². The first kappa shape index (κ1) is 15.1. The zero-order valence-corrected chi connectivity index (χ0v) is 13.1. The van der Waals surface area contributed by atoms with Crippen LogP contribution in [0, 0.1) is 13.8 Å². The first-order valence-corrected chi connectivity index (χ1v) is 7.96. The van der Waals surface area contributed by atoms with E-state index in [1.165, 1.54) is 12.1 Å². The Balaban J connectivity index is 2.44. The number of pyridine rings is 1. The minimum Gasteiger partial charge on any atom is -0.263 e. The van der Waals surface area contributed by atoms with Crippen molar-refractivity contribution in [2.24, 2.45) is 0 Å². The molecule has 2 aromatic rings. The van der Waals surface area contributed by atoms with Gasteiger partial charge in [0.05, 0.1) is 5.02 Å². The number of sulfonamides is 1. The second-order valence-electron chi connectivity index (χ2n) is 4.25. The normalized spacial score (nSPS) is 11.4. The summed E-state index contributed by atoms with van der Waals surface area (Å²) in [7, 11) is -3.80. The van der Waals surface area contributed by atoms with Crippen LogP contribution < -0.4 is 4.72 Å². The molecule has 0 unspecified atom stereocenters. The van der Waals surface area contributed by atoms with Crippen molar-refractivity contribution in [2.45, 2.75) is 18.7 Å². The highest BCUT2D eigenvalue weighted by atomic mass is 35.5. The lowest BCUT2D eigenvalue weighted by Crippen LogP contribution is -2.15. The van der Waals surface area contributed by atoms with Crippen LogP contribution in [0.5, 0.6) is 0 Å². The standard InChI is InChI=1S/C13H12Cl2N2O2S/c1-8-4-3-5-12(16-8)17-20(18,19)11-7-6-10(14)9(2)13(11)15/h3-7H,1-2H3,(H,16,17). The number of benzene rings is 1. The minimum atomic E-state index is -3.80. The lowest BCUT2D eigenvalue weighted by Gasteiger charge is -2.11. The third-order valence-electron chi connectivity index (χ3n) is 2.70. The predicted molar refractivity (Wildman–Crippen MR) is 81.0 cm³/mol. The molecule has 0 spiro atoms. The molecular weight excluding hydrogens is 319 g/mol. The van der Waals surface area contributed by atoms with Gasteiger partial charge in [-0.15, -0.1) is 0 Å². The first-order chi connectivity index (χ1) is 9.31. The molecule has 1 aromatic carbocycles. The molecular formula is C13H12Cl2N2O2S. The van der Waals surface area contributed by atoms with Gasteiger partial charge in [-0.2, -0.15) is 0 Å². The molecule has 0 aliphatic carbocycles. The van der Waals surface area contributed by atoms with E-state index in [1.54, 1.807) is 32.0 Å². The van der Waals surface area contributed by atoms with Crippen LogP contribution in [0.1, 0.15) is 11.3 Å². The summed E-state index contributed by atoms with van der Waals surface area (Å²) in [6.07, 6.45) is 0. The number of hydrogen-bond donors (Lipinski definition) is 1. The average Bonchev–Trinajstić information content (AvgIpc) is 2.35. The van der Waals surface area contributed by atoms with Crippen LogP contribution >= 0.6 is 23.2 Å². The Kier molecular flexibility index (Phi) is 4.22. The maximum Gasteiger partial charge on any atom is 0.264 e. The average molecular weight is 331 g/mol. The molecule has 20 heavy (non-hydrogen) atoms. The molecule has 1 aromatic heterocycles. The highest BCUT2D eigenvalue weighted by Crippen LogP contribution is 2.31. The summed E-state index contributed by atoms with van der Waals surface area (Å²) in [5.74, 6) is 0.244. The van der Waals surface area contributed by atoms with E-state index >= 15 is 0 Å². The largest absolute Gasteiger partial charge is 0.264 e. The second-order valence-corrected chi connectivity index (χ2v) is 6.69. The molecule has 0 amide bonds. The number of aryl methyl sites for hydroxylation is 1. The summed E-state index contributed by atoms with van der Waals surface area (Å²) in [4.78, 5) is 4.07. The fraction of sp³-hybridized carbons (Fsp3) is 0.154. The van der Waals surface area contributed by atoms with Crippen molar-refractivity contribution in [3.05, 3.63) is 51.6 Å². The van der Waals surface area contributed by atoms with Crippen molar-refractivity contribution in [3.63, 3.8) is 0 Å². The van der Waals surface area contributed by atoms with Crippen molar-refractivity contribution in [2.75, 3.05) is 4.72 Å². The lowest BCUT2D eigenvalue weighted by molar-refractivity contribution is 0.601. The van der Waals surface area contributed by atoms with Gasteiger partial charge >= 0.3 is 0 Å². The molecule has 0 bridgehead atoms. The Morgan fingerprint density at radius 2 is 1.80 bits per heavy atom. The number of rotatable bonds is 3. The van der Waals surface area contributed by atoms with Crippen LogP contribution in [0.4, 0.5) is 5.82 Å². The maximum absolute atomic E-state index is 12.3. The monoisotopic (exact) mass is 330 g/mol. The molecule has 0 atom stereocenters. The number of nitrogens with one attached hydrogen (secondary N) is 1. The van der Waals surface area contributed by atoms with E-state index in [0.717, 1.165) is 0 Å². The minimum absolute atomic E-state index is 0.0237. The van der Waals surface area contributed by atoms with Crippen LogP contribution in [-0.2, 0) is 10.0 Å². The van der Waals surface area contributed by atoms with E-state index in [4.69, 9.17) is 23.2 Å². The maximum atomic E-state index is 12.3. The van der Waals surface area contributed by atoms with Crippen molar-refractivity contribution in [3.8, 4) is 0 Å². The van der Waals surface area contributed by atoms with Crippen LogP contribution in [0.25, 0.3) is 0 Å². The van der Waals surface area contributed by atoms with Gasteiger partial charge in [0.2, 0.25) is 0 Å². The summed E-state index contributed by atoms with van der Waals surface area (Å²) < 4.78 is 27.0. The van der Waals surface area contributed by atoms with E-state index in [-0.39, 0.29) is 15.7 Å². The summed E-state index contributed by atoms with van der Waals surface area (Å²) in [6, 6.07) is 7.93. The molecule has 1 heterocycles. The number of hydrogen-bond acceptors (Lipinski definition) is 3. The molecule has 4 nitrogen and oxygen atoms in total. The summed E-state index contributed by atoms with van der Waals surface area (Å²) >= 11 is 12.0. The van der Waals surface area contributed by atoms with E-state index < -0.39 is 10.0 Å². The van der Waals surface area contributed by atoms with E-state index in [2.05, 4.69) is 9.71 Å². The Morgan fingerprint density at radius 1 is 1.10 bits per heavy atom. The molecule has 0 saturated carbocycles. The third-order valence-corrected chi connectivity index (χ3v) is 5.11. The molecule has 0 aliphatic heterocycles. The van der Waals surface area contributed by atoms with Gasteiger partial charge in [0.1, 0.15) is 10.7 Å². The smallest absolute Gasteiger partial charge is 0.263 e. The van der Waals surface area contributed by atoms with Crippen LogP contribution in [0.15, 0.2) is 35.2 Å². The van der Waals surface area contributed by atoms with Gasteiger partial charge in [-0.3, -0.25) is 4.72 Å².